The first-order chi connectivity index (χ1) is 7.59. The largest absolute Gasteiger partial charge is 0.398 e. The van der Waals surface area contributed by atoms with Crippen LogP contribution in [0.1, 0.15) is 9.67 Å². The van der Waals surface area contributed by atoms with Gasteiger partial charge in [-0.3, -0.25) is 4.79 Å². The third-order valence-corrected chi connectivity index (χ3v) is 3.41. The average Bonchev–Trinajstić information content (AvgIpc) is 2.61. The highest BCUT2D eigenvalue weighted by atomic mass is 32.1. The number of amides is 1. The average molecular weight is 233 g/mol. The molecule has 0 bridgehead atoms. The minimum absolute atomic E-state index is 0.373. The van der Waals surface area contributed by atoms with E-state index in [4.69, 9.17) is 17.2 Å². The molecule has 1 heterocycles. The van der Waals surface area contributed by atoms with Crippen LogP contribution < -0.4 is 17.2 Å². The Balaban J connectivity index is 2.54. The van der Waals surface area contributed by atoms with Crippen molar-refractivity contribution in [1.82, 2.24) is 0 Å². The van der Waals surface area contributed by atoms with Crippen LogP contribution in [-0.4, -0.2) is 5.91 Å². The summed E-state index contributed by atoms with van der Waals surface area (Å²) in [4.78, 5) is 12.3. The lowest BCUT2D eigenvalue weighted by Gasteiger charge is -2.00. The predicted molar refractivity (Wildman–Crippen MR) is 67.1 cm³/mol. The van der Waals surface area contributed by atoms with Gasteiger partial charge in [-0.15, -0.1) is 11.3 Å². The van der Waals surface area contributed by atoms with E-state index in [2.05, 4.69) is 0 Å². The zero-order chi connectivity index (χ0) is 11.7. The maximum absolute atomic E-state index is 11.1. The number of hydrogen-bond acceptors (Lipinski definition) is 4. The first kappa shape index (κ1) is 10.5. The molecule has 0 saturated heterocycles. The van der Waals surface area contributed by atoms with Gasteiger partial charge in [0.2, 0.25) is 0 Å². The summed E-state index contributed by atoms with van der Waals surface area (Å²) in [5, 5.41) is 0. The van der Waals surface area contributed by atoms with Crippen molar-refractivity contribution in [3.05, 3.63) is 35.2 Å². The van der Waals surface area contributed by atoms with Gasteiger partial charge in [0.25, 0.3) is 5.91 Å². The van der Waals surface area contributed by atoms with Gasteiger partial charge in [-0.2, -0.15) is 0 Å². The fourth-order valence-corrected chi connectivity index (χ4v) is 2.43. The Morgan fingerprint density at radius 2 is 1.81 bits per heavy atom. The Labute approximate surface area is 96.7 Å². The van der Waals surface area contributed by atoms with Crippen LogP contribution in [0, 0.1) is 0 Å². The van der Waals surface area contributed by atoms with Crippen LogP contribution in [0.5, 0.6) is 0 Å². The molecule has 0 unspecified atom stereocenters. The molecule has 1 amide bonds. The van der Waals surface area contributed by atoms with Gasteiger partial charge in [-0.25, -0.2) is 0 Å². The Kier molecular flexibility index (Phi) is 2.54. The van der Waals surface area contributed by atoms with E-state index in [0.717, 1.165) is 10.4 Å². The summed E-state index contributed by atoms with van der Waals surface area (Å²) in [5.74, 6) is -0.511. The molecule has 0 fully saturated rings. The quantitative estimate of drug-likeness (QED) is 0.688. The summed E-state index contributed by atoms with van der Waals surface area (Å²) in [5.41, 5.74) is 18.7. The number of hydrogen-bond donors (Lipinski definition) is 3. The second-order valence-corrected chi connectivity index (χ2v) is 4.40. The molecule has 16 heavy (non-hydrogen) atoms. The Bertz CT molecular complexity index is 548. The molecule has 1 aromatic carbocycles. The van der Waals surface area contributed by atoms with Crippen molar-refractivity contribution < 1.29 is 4.79 Å². The second-order valence-electron chi connectivity index (χ2n) is 3.35. The van der Waals surface area contributed by atoms with E-state index in [1.165, 1.54) is 11.3 Å². The monoisotopic (exact) mass is 233 g/mol. The van der Waals surface area contributed by atoms with E-state index in [-0.39, 0.29) is 0 Å². The van der Waals surface area contributed by atoms with Gasteiger partial charge in [-0.05, 0) is 12.1 Å². The van der Waals surface area contributed by atoms with Crippen LogP contribution in [0.3, 0.4) is 0 Å². The molecule has 0 atom stereocenters. The molecule has 0 radical (unpaired) electrons. The Morgan fingerprint density at radius 1 is 1.12 bits per heavy atom. The predicted octanol–water partition coefficient (Wildman–Crippen LogP) is 1.68. The normalized spacial score (nSPS) is 10.2. The van der Waals surface area contributed by atoms with E-state index in [0.29, 0.717) is 16.3 Å². The Morgan fingerprint density at radius 3 is 2.38 bits per heavy atom. The highest BCUT2D eigenvalue weighted by Crippen LogP contribution is 2.35. The highest BCUT2D eigenvalue weighted by Gasteiger charge is 2.13. The lowest BCUT2D eigenvalue weighted by molar-refractivity contribution is 0.100. The SMILES string of the molecule is NC(=O)c1sc(-c2ccccc2N)cc1N. The molecule has 0 aliphatic rings. The fraction of sp³-hybridized carbons (Fsp3) is 0. The lowest BCUT2D eigenvalue weighted by Crippen LogP contribution is -2.10. The van der Waals surface area contributed by atoms with Crippen LogP contribution in [0.15, 0.2) is 30.3 Å². The van der Waals surface area contributed by atoms with Crippen molar-refractivity contribution in [2.45, 2.75) is 0 Å². The first-order valence-corrected chi connectivity index (χ1v) is 5.45. The lowest BCUT2D eigenvalue weighted by atomic mass is 10.1. The smallest absolute Gasteiger partial charge is 0.260 e. The van der Waals surface area contributed by atoms with Gasteiger partial charge in [0.1, 0.15) is 4.88 Å². The van der Waals surface area contributed by atoms with Gasteiger partial charge in [-0.1, -0.05) is 18.2 Å². The maximum Gasteiger partial charge on any atom is 0.260 e. The number of nitrogen functional groups attached to an aromatic ring is 2. The summed E-state index contributed by atoms with van der Waals surface area (Å²) in [6.07, 6.45) is 0. The molecule has 1 aromatic heterocycles. The van der Waals surface area contributed by atoms with E-state index in [1.807, 2.05) is 18.2 Å². The molecule has 0 saturated carbocycles. The van der Waals surface area contributed by atoms with Gasteiger partial charge in [0, 0.05) is 16.1 Å². The number of primary amides is 1. The summed E-state index contributed by atoms with van der Waals surface area (Å²) in [6.45, 7) is 0. The van der Waals surface area contributed by atoms with Gasteiger partial charge in [0.15, 0.2) is 0 Å². The van der Waals surface area contributed by atoms with E-state index in [1.54, 1.807) is 12.1 Å². The third kappa shape index (κ3) is 1.72. The molecule has 6 N–H and O–H groups in total. The van der Waals surface area contributed by atoms with Crippen molar-refractivity contribution in [2.24, 2.45) is 5.73 Å². The van der Waals surface area contributed by atoms with E-state index in [9.17, 15) is 4.79 Å². The molecule has 4 nitrogen and oxygen atoms in total. The number of nitrogens with two attached hydrogens (primary N) is 3. The molecule has 2 rings (SSSR count). The van der Waals surface area contributed by atoms with Crippen molar-refractivity contribution >= 4 is 28.6 Å². The summed E-state index contributed by atoms with van der Waals surface area (Å²) in [7, 11) is 0. The van der Waals surface area contributed by atoms with Crippen LogP contribution >= 0.6 is 11.3 Å². The first-order valence-electron chi connectivity index (χ1n) is 4.63. The maximum atomic E-state index is 11.1. The number of benzene rings is 1. The van der Waals surface area contributed by atoms with Crippen LogP contribution in [0.4, 0.5) is 11.4 Å². The van der Waals surface area contributed by atoms with Crippen molar-refractivity contribution in [3.8, 4) is 10.4 Å². The summed E-state index contributed by atoms with van der Waals surface area (Å²) >= 11 is 1.26. The molecule has 0 aliphatic carbocycles. The van der Waals surface area contributed by atoms with Crippen LogP contribution in [0.25, 0.3) is 10.4 Å². The number of anilines is 2. The molecule has 82 valence electrons. The number of carbonyl (C=O) groups excluding carboxylic acids is 1. The molecule has 5 heteroatoms. The van der Waals surface area contributed by atoms with Crippen molar-refractivity contribution in [2.75, 3.05) is 11.5 Å². The standard InChI is InChI=1S/C11H11N3OS/c12-7-4-2-1-3-6(7)9-5-8(13)10(16-9)11(14)15/h1-5H,12-13H2,(H2,14,15). The fourth-order valence-electron chi connectivity index (χ4n) is 1.45. The molecule has 2 aromatic rings. The number of carbonyl (C=O) groups is 1. The van der Waals surface area contributed by atoms with Gasteiger partial charge in [0.05, 0.1) is 5.69 Å². The minimum atomic E-state index is -0.511. The van der Waals surface area contributed by atoms with Crippen LogP contribution in [0.2, 0.25) is 0 Å². The number of para-hydroxylation sites is 1. The van der Waals surface area contributed by atoms with E-state index >= 15 is 0 Å². The van der Waals surface area contributed by atoms with Crippen molar-refractivity contribution in [3.63, 3.8) is 0 Å². The highest BCUT2D eigenvalue weighted by molar-refractivity contribution is 7.18. The summed E-state index contributed by atoms with van der Waals surface area (Å²) in [6, 6.07) is 9.13. The second kappa shape index (κ2) is 3.86. The summed E-state index contributed by atoms with van der Waals surface area (Å²) < 4.78 is 0. The van der Waals surface area contributed by atoms with Crippen LogP contribution in [-0.2, 0) is 0 Å². The Hall–Kier alpha value is -2.01. The molecule has 0 spiro atoms. The molecular formula is C11H11N3OS. The van der Waals surface area contributed by atoms with Gasteiger partial charge >= 0.3 is 0 Å². The zero-order valence-corrected chi connectivity index (χ0v) is 9.25. The topological polar surface area (TPSA) is 95.1 Å². The molecular weight excluding hydrogens is 222 g/mol. The number of rotatable bonds is 2. The van der Waals surface area contributed by atoms with Gasteiger partial charge < -0.3 is 17.2 Å². The van der Waals surface area contributed by atoms with E-state index < -0.39 is 5.91 Å². The van der Waals surface area contributed by atoms with Crippen molar-refractivity contribution in [1.29, 1.82) is 0 Å². The number of thiophene rings is 1. The molecule has 0 aliphatic heterocycles. The zero-order valence-electron chi connectivity index (χ0n) is 8.44. The minimum Gasteiger partial charge on any atom is -0.398 e. The third-order valence-electron chi connectivity index (χ3n) is 2.21.